The van der Waals surface area contributed by atoms with Crippen LogP contribution in [0.4, 0.5) is 5.82 Å². The standard InChI is InChI=1S/C19H20N4O3S/c1-10(2)23-18-14(8-20-23)17(27-9-16(24)22-18)13-6-11-4-5-12(26-3)7-15(11)21-19(13)25/h4-8,10,17H,9H2,1-3H3,(H,21,25)(H,22,24)/t17-/m1/s1. The predicted molar refractivity (Wildman–Crippen MR) is 107 cm³/mol. The van der Waals surface area contributed by atoms with Crippen LogP contribution in [0.3, 0.4) is 0 Å². The van der Waals surface area contributed by atoms with Gasteiger partial charge in [-0.3, -0.25) is 9.59 Å². The average molecular weight is 384 g/mol. The van der Waals surface area contributed by atoms with Gasteiger partial charge in [0.15, 0.2) is 0 Å². The van der Waals surface area contributed by atoms with Crippen LogP contribution in [-0.2, 0) is 4.79 Å². The van der Waals surface area contributed by atoms with Crippen LogP contribution >= 0.6 is 11.8 Å². The van der Waals surface area contributed by atoms with E-state index in [1.54, 1.807) is 24.1 Å². The third-order valence-corrected chi connectivity index (χ3v) is 5.87. The number of fused-ring (bicyclic) bond motifs is 2. The lowest BCUT2D eigenvalue weighted by molar-refractivity contribution is -0.113. The molecule has 0 radical (unpaired) electrons. The molecule has 7 nitrogen and oxygen atoms in total. The van der Waals surface area contributed by atoms with Gasteiger partial charge < -0.3 is 15.0 Å². The first-order valence-corrected chi connectivity index (χ1v) is 9.72. The van der Waals surface area contributed by atoms with Crippen molar-refractivity contribution in [2.24, 2.45) is 0 Å². The fourth-order valence-electron chi connectivity index (χ4n) is 3.28. The number of thioether (sulfide) groups is 1. The minimum Gasteiger partial charge on any atom is -0.497 e. The molecule has 0 spiro atoms. The molecule has 0 fully saturated rings. The quantitative estimate of drug-likeness (QED) is 0.724. The molecule has 1 amide bonds. The Hall–Kier alpha value is -2.74. The SMILES string of the molecule is COc1ccc2cc([C@H]3SCC(=O)Nc4c3cnn4C(C)C)c(=O)[nH]c2c1. The number of hydrogen-bond donors (Lipinski definition) is 2. The molecule has 1 aromatic carbocycles. The van der Waals surface area contributed by atoms with E-state index in [9.17, 15) is 9.59 Å². The second-order valence-electron chi connectivity index (χ2n) is 6.73. The summed E-state index contributed by atoms with van der Waals surface area (Å²) in [6, 6.07) is 7.56. The maximum Gasteiger partial charge on any atom is 0.253 e. The Balaban J connectivity index is 1.87. The molecule has 27 heavy (non-hydrogen) atoms. The fourth-order valence-corrected chi connectivity index (χ4v) is 4.38. The Bertz CT molecular complexity index is 1090. The molecular weight excluding hydrogens is 364 g/mol. The van der Waals surface area contributed by atoms with E-state index in [0.29, 0.717) is 22.6 Å². The molecule has 2 N–H and O–H groups in total. The van der Waals surface area contributed by atoms with Crippen LogP contribution < -0.4 is 15.6 Å². The van der Waals surface area contributed by atoms with Crippen molar-refractivity contribution in [2.75, 3.05) is 18.2 Å². The summed E-state index contributed by atoms with van der Waals surface area (Å²) in [4.78, 5) is 28.0. The zero-order valence-corrected chi connectivity index (χ0v) is 16.1. The van der Waals surface area contributed by atoms with Crippen molar-refractivity contribution < 1.29 is 9.53 Å². The summed E-state index contributed by atoms with van der Waals surface area (Å²) in [5.74, 6) is 1.54. The van der Waals surface area contributed by atoms with Gasteiger partial charge in [-0.05, 0) is 37.4 Å². The number of aromatic amines is 1. The summed E-state index contributed by atoms with van der Waals surface area (Å²) in [6.07, 6.45) is 1.75. The highest BCUT2D eigenvalue weighted by molar-refractivity contribution is 8.00. The van der Waals surface area contributed by atoms with Crippen molar-refractivity contribution >= 4 is 34.4 Å². The van der Waals surface area contributed by atoms with Crippen LogP contribution in [0, 0.1) is 0 Å². The summed E-state index contributed by atoms with van der Waals surface area (Å²) < 4.78 is 7.01. The van der Waals surface area contributed by atoms with Crippen LogP contribution in [0.1, 0.15) is 36.3 Å². The Kier molecular flexibility index (Phi) is 4.43. The highest BCUT2D eigenvalue weighted by Gasteiger charge is 2.30. The van der Waals surface area contributed by atoms with E-state index in [-0.39, 0.29) is 28.5 Å². The number of aromatic nitrogens is 3. The van der Waals surface area contributed by atoms with Gasteiger partial charge in [-0.1, -0.05) is 0 Å². The molecule has 3 aromatic rings. The fraction of sp³-hybridized carbons (Fsp3) is 0.316. The van der Waals surface area contributed by atoms with E-state index in [2.05, 4.69) is 15.4 Å². The molecule has 2 aromatic heterocycles. The first kappa shape index (κ1) is 17.7. The second kappa shape index (κ2) is 6.77. The first-order chi connectivity index (χ1) is 13.0. The van der Waals surface area contributed by atoms with E-state index >= 15 is 0 Å². The van der Waals surface area contributed by atoms with Gasteiger partial charge in [0.2, 0.25) is 5.91 Å². The number of ether oxygens (including phenoxy) is 1. The van der Waals surface area contributed by atoms with Crippen LogP contribution in [0.25, 0.3) is 10.9 Å². The summed E-state index contributed by atoms with van der Waals surface area (Å²) in [6.45, 7) is 4.01. The van der Waals surface area contributed by atoms with Crippen molar-refractivity contribution in [1.82, 2.24) is 14.8 Å². The van der Waals surface area contributed by atoms with Crippen LogP contribution in [-0.4, -0.2) is 33.5 Å². The molecule has 1 aliphatic heterocycles. The summed E-state index contributed by atoms with van der Waals surface area (Å²) in [7, 11) is 1.59. The van der Waals surface area contributed by atoms with Crippen LogP contribution in [0.2, 0.25) is 0 Å². The molecule has 0 saturated carbocycles. The van der Waals surface area contributed by atoms with Crippen molar-refractivity contribution in [2.45, 2.75) is 25.1 Å². The molecule has 0 saturated heterocycles. The van der Waals surface area contributed by atoms with E-state index < -0.39 is 0 Å². The largest absolute Gasteiger partial charge is 0.497 e. The van der Waals surface area contributed by atoms with Crippen molar-refractivity contribution in [3.8, 4) is 5.75 Å². The number of anilines is 1. The molecule has 4 rings (SSSR count). The zero-order valence-electron chi connectivity index (χ0n) is 15.3. The third-order valence-electron chi connectivity index (χ3n) is 4.60. The second-order valence-corrected chi connectivity index (χ2v) is 7.83. The minimum atomic E-state index is -0.276. The number of pyridine rings is 1. The Morgan fingerprint density at radius 2 is 2.07 bits per heavy atom. The molecule has 140 valence electrons. The normalized spacial score (nSPS) is 16.9. The molecule has 3 heterocycles. The van der Waals surface area contributed by atoms with Gasteiger partial charge >= 0.3 is 0 Å². The molecule has 0 unspecified atom stereocenters. The lowest BCUT2D eigenvalue weighted by atomic mass is 10.1. The smallest absolute Gasteiger partial charge is 0.253 e. The number of benzene rings is 1. The van der Waals surface area contributed by atoms with Crippen LogP contribution in [0.5, 0.6) is 5.75 Å². The summed E-state index contributed by atoms with van der Waals surface area (Å²) in [5, 5.41) is 7.99. The van der Waals surface area contributed by atoms with Gasteiger partial charge in [-0.25, -0.2) is 4.68 Å². The average Bonchev–Trinajstić information content (AvgIpc) is 2.98. The highest BCUT2D eigenvalue weighted by atomic mass is 32.2. The molecule has 0 bridgehead atoms. The van der Waals surface area contributed by atoms with E-state index in [0.717, 1.165) is 10.9 Å². The van der Waals surface area contributed by atoms with Crippen molar-refractivity contribution in [3.63, 3.8) is 0 Å². The molecule has 1 aliphatic rings. The van der Waals surface area contributed by atoms with Crippen LogP contribution in [0.15, 0.2) is 35.3 Å². The van der Waals surface area contributed by atoms with Gasteiger partial charge in [0.25, 0.3) is 5.56 Å². The number of amides is 1. The Morgan fingerprint density at radius 3 is 2.81 bits per heavy atom. The number of hydrogen-bond acceptors (Lipinski definition) is 5. The zero-order chi connectivity index (χ0) is 19.1. The maximum atomic E-state index is 12.8. The molecule has 1 atom stereocenters. The van der Waals surface area contributed by atoms with Crippen molar-refractivity contribution in [3.05, 3.63) is 51.9 Å². The number of methoxy groups -OCH3 is 1. The molecular formula is C19H20N4O3S. The van der Waals surface area contributed by atoms with E-state index in [4.69, 9.17) is 4.74 Å². The highest BCUT2D eigenvalue weighted by Crippen LogP contribution is 2.41. The summed E-state index contributed by atoms with van der Waals surface area (Å²) >= 11 is 1.43. The third kappa shape index (κ3) is 3.10. The summed E-state index contributed by atoms with van der Waals surface area (Å²) in [5.41, 5.74) is 2.00. The predicted octanol–water partition coefficient (Wildman–Crippen LogP) is 3.09. The van der Waals surface area contributed by atoms with Gasteiger partial charge in [0, 0.05) is 23.2 Å². The number of rotatable bonds is 3. The number of nitrogens with zero attached hydrogens (tertiary/aromatic N) is 2. The Morgan fingerprint density at radius 1 is 1.26 bits per heavy atom. The topological polar surface area (TPSA) is 89.0 Å². The van der Waals surface area contributed by atoms with Crippen molar-refractivity contribution in [1.29, 1.82) is 0 Å². The Labute approximate surface area is 160 Å². The first-order valence-electron chi connectivity index (χ1n) is 8.67. The number of H-pyrrole nitrogens is 1. The van der Waals surface area contributed by atoms with Gasteiger partial charge in [0.1, 0.15) is 11.6 Å². The van der Waals surface area contributed by atoms with Gasteiger partial charge in [-0.15, -0.1) is 11.8 Å². The number of carbonyl (C=O) groups is 1. The van der Waals surface area contributed by atoms with Gasteiger partial charge in [0.05, 0.1) is 29.8 Å². The van der Waals surface area contributed by atoms with E-state index in [1.165, 1.54) is 11.8 Å². The molecule has 8 heteroatoms. The maximum absolute atomic E-state index is 12.8. The number of carbonyl (C=O) groups excluding carboxylic acids is 1. The monoisotopic (exact) mass is 384 g/mol. The minimum absolute atomic E-state index is 0.0897. The lowest BCUT2D eigenvalue weighted by Crippen LogP contribution is -2.17. The van der Waals surface area contributed by atoms with Gasteiger partial charge in [-0.2, -0.15) is 5.10 Å². The van der Waals surface area contributed by atoms with E-state index in [1.807, 2.05) is 32.0 Å². The molecule has 0 aliphatic carbocycles. The number of nitrogens with one attached hydrogen (secondary N) is 2. The lowest BCUT2D eigenvalue weighted by Gasteiger charge is -2.15.